The highest BCUT2D eigenvalue weighted by Crippen LogP contribution is 2.35. The van der Waals surface area contributed by atoms with Crippen molar-refractivity contribution in [1.82, 2.24) is 0 Å². The molecule has 0 aliphatic rings. The van der Waals surface area contributed by atoms with E-state index in [1.807, 2.05) is 50.2 Å². The molecule has 1 aromatic heterocycles. The average Bonchev–Trinajstić information content (AvgIpc) is 3.22. The Hall–Kier alpha value is -2.99. The van der Waals surface area contributed by atoms with Gasteiger partial charge >= 0.3 is 0 Å². The molecule has 0 saturated carbocycles. The van der Waals surface area contributed by atoms with Crippen LogP contribution >= 0.6 is 11.3 Å². The maximum absolute atomic E-state index is 15.2. The van der Waals surface area contributed by atoms with Gasteiger partial charge in [-0.05, 0) is 54.1 Å². The third kappa shape index (κ3) is 4.46. The molecule has 1 heterocycles. The fraction of sp³-hybridized carbons (Fsp3) is 0.231. The molecule has 2 nitrogen and oxygen atoms in total. The van der Waals surface area contributed by atoms with Crippen molar-refractivity contribution in [3.63, 3.8) is 0 Å². The van der Waals surface area contributed by atoms with Gasteiger partial charge in [-0.15, -0.1) is 11.3 Å². The molecule has 166 valence electrons. The zero-order chi connectivity index (χ0) is 22.7. The second kappa shape index (κ2) is 9.65. The normalized spacial score (nSPS) is 11.2. The molecule has 0 aliphatic heterocycles. The molecular weight excluding hydrogens is 433 g/mol. The Morgan fingerprint density at radius 3 is 2.31 bits per heavy atom. The van der Waals surface area contributed by atoms with Gasteiger partial charge in [0.15, 0.2) is 11.6 Å². The first-order valence-corrected chi connectivity index (χ1v) is 11.4. The Morgan fingerprint density at radius 1 is 0.812 bits per heavy atom. The minimum absolute atomic E-state index is 0.0284. The molecule has 0 unspecified atom stereocenters. The first kappa shape index (κ1) is 22.2. The zero-order valence-electron chi connectivity index (χ0n) is 17.9. The van der Waals surface area contributed by atoms with Gasteiger partial charge in [-0.1, -0.05) is 43.7 Å². The van der Waals surface area contributed by atoms with Gasteiger partial charge in [-0.25, -0.2) is 8.78 Å². The molecule has 0 N–H and O–H groups in total. The summed E-state index contributed by atoms with van der Waals surface area (Å²) in [6.07, 6.45) is 1.19. The number of hydrogen-bond acceptors (Lipinski definition) is 3. The molecule has 0 radical (unpaired) electrons. The molecular formula is C26H23F3O2S. The number of halogens is 3. The number of thiophene rings is 1. The van der Waals surface area contributed by atoms with Crippen molar-refractivity contribution in [2.75, 3.05) is 6.61 Å². The van der Waals surface area contributed by atoms with Crippen LogP contribution in [-0.4, -0.2) is 6.61 Å². The summed E-state index contributed by atoms with van der Waals surface area (Å²) in [5.74, 6) is -1.58. The largest absolute Gasteiger partial charge is 0.494 e. The van der Waals surface area contributed by atoms with Crippen LogP contribution in [0.3, 0.4) is 0 Å². The van der Waals surface area contributed by atoms with Gasteiger partial charge in [0.25, 0.3) is 0 Å². The van der Waals surface area contributed by atoms with Gasteiger partial charge in [0, 0.05) is 10.4 Å². The van der Waals surface area contributed by atoms with Crippen LogP contribution in [0.4, 0.5) is 13.2 Å². The van der Waals surface area contributed by atoms with Crippen LogP contribution in [0.15, 0.2) is 54.6 Å². The van der Waals surface area contributed by atoms with Gasteiger partial charge in [0.05, 0.1) is 11.3 Å². The topological polar surface area (TPSA) is 18.5 Å². The van der Waals surface area contributed by atoms with Gasteiger partial charge in [-0.2, -0.15) is 4.39 Å². The van der Waals surface area contributed by atoms with Gasteiger partial charge < -0.3 is 9.47 Å². The molecule has 6 heteroatoms. The van der Waals surface area contributed by atoms with Crippen molar-refractivity contribution in [2.24, 2.45) is 0 Å². The Kier molecular flexibility index (Phi) is 6.70. The quantitative estimate of drug-likeness (QED) is 0.268. The van der Waals surface area contributed by atoms with Crippen LogP contribution < -0.4 is 9.47 Å². The molecule has 0 aliphatic carbocycles. The minimum Gasteiger partial charge on any atom is -0.494 e. The molecule has 0 bridgehead atoms. The van der Waals surface area contributed by atoms with Crippen LogP contribution in [0, 0.1) is 17.5 Å². The summed E-state index contributed by atoms with van der Waals surface area (Å²) in [6, 6.07) is 15.7. The molecule has 3 aromatic carbocycles. The van der Waals surface area contributed by atoms with Gasteiger partial charge in [0.1, 0.15) is 18.2 Å². The monoisotopic (exact) mass is 456 g/mol. The zero-order valence-corrected chi connectivity index (χ0v) is 18.7. The van der Waals surface area contributed by atoms with E-state index in [4.69, 9.17) is 9.47 Å². The van der Waals surface area contributed by atoms with Crippen molar-refractivity contribution >= 4 is 21.4 Å². The van der Waals surface area contributed by atoms with Crippen molar-refractivity contribution < 1.29 is 22.6 Å². The standard InChI is InChI=1S/C26H23F3O2S/c1-3-5-17-9-13-22(25(29)23(17)27)31-15-20-14-18-8-12-21(24(28)26(18)32-20)16-6-10-19(11-7-16)30-4-2/h6-14H,3-5,15H2,1-2H3. The molecule has 32 heavy (non-hydrogen) atoms. The lowest BCUT2D eigenvalue weighted by atomic mass is 10.0. The lowest BCUT2D eigenvalue weighted by Gasteiger charge is -2.09. The SMILES string of the molecule is CCCc1ccc(OCc2cc3ccc(-c4ccc(OCC)cc4)c(F)c3s2)c(F)c1F. The first-order chi connectivity index (χ1) is 15.5. The van der Waals surface area contributed by atoms with Crippen LogP contribution in [0.1, 0.15) is 30.7 Å². The third-order valence-electron chi connectivity index (χ3n) is 5.17. The van der Waals surface area contributed by atoms with E-state index in [-0.39, 0.29) is 18.2 Å². The molecule has 4 rings (SSSR count). The summed E-state index contributed by atoms with van der Waals surface area (Å²) in [4.78, 5) is 0.722. The van der Waals surface area contributed by atoms with Crippen LogP contribution in [0.5, 0.6) is 11.5 Å². The smallest absolute Gasteiger partial charge is 0.200 e. The van der Waals surface area contributed by atoms with E-state index in [1.165, 1.54) is 17.4 Å². The van der Waals surface area contributed by atoms with Crippen molar-refractivity contribution in [3.8, 4) is 22.6 Å². The lowest BCUT2D eigenvalue weighted by molar-refractivity contribution is 0.287. The molecule has 0 spiro atoms. The number of fused-ring (bicyclic) bond motifs is 1. The number of hydrogen-bond donors (Lipinski definition) is 0. The highest BCUT2D eigenvalue weighted by Gasteiger charge is 2.16. The fourth-order valence-electron chi connectivity index (χ4n) is 3.61. The van der Waals surface area contributed by atoms with Crippen LogP contribution in [0.25, 0.3) is 21.2 Å². The molecule has 0 atom stereocenters. The average molecular weight is 457 g/mol. The maximum Gasteiger partial charge on any atom is 0.200 e. The number of benzene rings is 3. The molecule has 0 fully saturated rings. The van der Waals surface area contributed by atoms with Crippen LogP contribution in [-0.2, 0) is 13.0 Å². The maximum atomic E-state index is 15.2. The fourth-order valence-corrected chi connectivity index (χ4v) is 4.62. The van der Waals surface area contributed by atoms with Gasteiger partial charge in [-0.3, -0.25) is 0 Å². The summed E-state index contributed by atoms with van der Waals surface area (Å²) in [7, 11) is 0. The van der Waals surface area contributed by atoms with Crippen molar-refractivity contribution in [3.05, 3.63) is 82.5 Å². The molecule has 0 amide bonds. The predicted octanol–water partition coefficient (Wildman–Crippen LogP) is 7.92. The van der Waals surface area contributed by atoms with E-state index in [9.17, 15) is 8.78 Å². The number of rotatable bonds is 8. The highest BCUT2D eigenvalue weighted by atomic mass is 32.1. The van der Waals surface area contributed by atoms with Gasteiger partial charge in [0.2, 0.25) is 5.82 Å². The second-order valence-electron chi connectivity index (χ2n) is 7.41. The Balaban J connectivity index is 1.55. The number of aryl methyl sites for hydroxylation is 1. The summed E-state index contributed by atoms with van der Waals surface area (Å²) in [5, 5.41) is 0.741. The van der Waals surface area contributed by atoms with Crippen molar-refractivity contribution in [1.29, 1.82) is 0 Å². The summed E-state index contributed by atoms with van der Waals surface area (Å²) in [5.41, 5.74) is 1.58. The van der Waals surface area contributed by atoms with E-state index >= 15 is 4.39 Å². The van der Waals surface area contributed by atoms with Crippen molar-refractivity contribution in [2.45, 2.75) is 33.3 Å². The third-order valence-corrected chi connectivity index (χ3v) is 6.29. The van der Waals surface area contributed by atoms with E-state index in [0.717, 1.165) is 28.0 Å². The second-order valence-corrected chi connectivity index (χ2v) is 8.54. The highest BCUT2D eigenvalue weighted by molar-refractivity contribution is 7.19. The van der Waals surface area contributed by atoms with E-state index in [1.54, 1.807) is 12.1 Å². The minimum atomic E-state index is -0.985. The lowest BCUT2D eigenvalue weighted by Crippen LogP contribution is -2.00. The van der Waals surface area contributed by atoms with E-state index in [2.05, 4.69) is 0 Å². The first-order valence-electron chi connectivity index (χ1n) is 10.6. The summed E-state index contributed by atoms with van der Waals surface area (Å²) >= 11 is 1.24. The Morgan fingerprint density at radius 2 is 1.59 bits per heavy atom. The Labute approximate surface area is 189 Å². The summed E-state index contributed by atoms with van der Waals surface area (Å²) < 4.78 is 55.2. The number of ether oxygens (including phenoxy) is 2. The Bertz CT molecular complexity index is 1230. The summed E-state index contributed by atoms with van der Waals surface area (Å²) in [6.45, 7) is 4.41. The van der Waals surface area contributed by atoms with E-state index < -0.39 is 11.6 Å². The predicted molar refractivity (Wildman–Crippen MR) is 123 cm³/mol. The molecule has 0 saturated heterocycles. The molecule has 4 aromatic rings. The van der Waals surface area contributed by atoms with E-state index in [0.29, 0.717) is 28.9 Å². The van der Waals surface area contributed by atoms with Crippen LogP contribution in [0.2, 0.25) is 0 Å².